The summed E-state index contributed by atoms with van der Waals surface area (Å²) >= 11 is 0. The van der Waals surface area contributed by atoms with Gasteiger partial charge in [0.25, 0.3) is 0 Å². The largest absolute Gasteiger partial charge is 0.354 e. The minimum Gasteiger partial charge on any atom is -0.354 e. The Labute approximate surface area is 145 Å². The van der Waals surface area contributed by atoms with Gasteiger partial charge in [-0.25, -0.2) is 4.98 Å². The highest BCUT2D eigenvalue weighted by Gasteiger charge is 2.25. The minimum absolute atomic E-state index is 0.0308. The van der Waals surface area contributed by atoms with E-state index in [1.807, 2.05) is 6.20 Å². The van der Waals surface area contributed by atoms with Crippen molar-refractivity contribution in [2.24, 2.45) is 5.92 Å². The topological polar surface area (TPSA) is 62.2 Å². The van der Waals surface area contributed by atoms with Crippen LogP contribution in [0, 0.1) is 5.92 Å². The molecule has 1 aromatic rings. The molecule has 2 unspecified atom stereocenters. The molecule has 6 nitrogen and oxygen atoms in total. The Hall–Kier alpha value is -1.40. The number of hydrogen-bond acceptors (Lipinski definition) is 4. The summed E-state index contributed by atoms with van der Waals surface area (Å²) in [6, 6.07) is 0.476. The maximum Gasteiger partial charge on any atom is 0.237 e. The van der Waals surface area contributed by atoms with E-state index in [0.717, 1.165) is 51.4 Å². The predicted octanol–water partition coefficient (Wildman–Crippen LogP) is 1.54. The van der Waals surface area contributed by atoms with E-state index in [2.05, 4.69) is 45.1 Å². The molecule has 2 aliphatic heterocycles. The van der Waals surface area contributed by atoms with E-state index in [0.29, 0.717) is 12.0 Å². The SMILES string of the molecule is CC(C)n1ccnc1CN1CCCC(CNC(=O)C2CCCN2)C1. The van der Waals surface area contributed by atoms with E-state index >= 15 is 0 Å². The average molecular weight is 333 g/mol. The Morgan fingerprint density at radius 1 is 1.42 bits per heavy atom. The second-order valence-electron chi connectivity index (χ2n) is 7.48. The Kier molecular flexibility index (Phi) is 5.89. The molecule has 0 aromatic carbocycles. The third-order valence-corrected chi connectivity index (χ3v) is 5.22. The number of carbonyl (C=O) groups is 1. The molecule has 0 radical (unpaired) electrons. The van der Waals surface area contributed by atoms with Gasteiger partial charge in [-0.3, -0.25) is 9.69 Å². The summed E-state index contributed by atoms with van der Waals surface area (Å²) < 4.78 is 2.25. The van der Waals surface area contributed by atoms with Crippen LogP contribution in [0.25, 0.3) is 0 Å². The van der Waals surface area contributed by atoms with Gasteiger partial charge in [0.15, 0.2) is 0 Å². The molecular formula is C18H31N5O. The number of rotatable bonds is 6. The molecule has 0 saturated carbocycles. The number of piperidine rings is 1. The fourth-order valence-electron chi connectivity index (χ4n) is 3.87. The molecule has 2 N–H and O–H groups in total. The predicted molar refractivity (Wildman–Crippen MR) is 94.6 cm³/mol. The summed E-state index contributed by atoms with van der Waals surface area (Å²) in [5, 5.41) is 6.42. The van der Waals surface area contributed by atoms with Crippen molar-refractivity contribution in [2.45, 2.75) is 58.2 Å². The highest BCUT2D eigenvalue weighted by Crippen LogP contribution is 2.19. The van der Waals surface area contributed by atoms with Gasteiger partial charge in [0.05, 0.1) is 12.6 Å². The molecule has 0 spiro atoms. The molecule has 2 aliphatic rings. The lowest BCUT2D eigenvalue weighted by molar-refractivity contribution is -0.123. The van der Waals surface area contributed by atoms with Gasteiger partial charge >= 0.3 is 0 Å². The van der Waals surface area contributed by atoms with Gasteiger partial charge < -0.3 is 15.2 Å². The molecule has 0 bridgehead atoms. The summed E-state index contributed by atoms with van der Waals surface area (Å²) in [6.45, 7) is 9.22. The molecule has 1 aromatic heterocycles. The molecule has 134 valence electrons. The van der Waals surface area contributed by atoms with E-state index in [4.69, 9.17) is 0 Å². The van der Waals surface area contributed by atoms with E-state index in [9.17, 15) is 4.79 Å². The van der Waals surface area contributed by atoms with Crippen LogP contribution in [0.2, 0.25) is 0 Å². The van der Waals surface area contributed by atoms with E-state index in [-0.39, 0.29) is 11.9 Å². The van der Waals surface area contributed by atoms with Crippen LogP contribution < -0.4 is 10.6 Å². The fraction of sp³-hybridized carbons (Fsp3) is 0.778. The van der Waals surface area contributed by atoms with Crippen LogP contribution in [-0.4, -0.2) is 52.6 Å². The van der Waals surface area contributed by atoms with Gasteiger partial charge in [0.1, 0.15) is 5.82 Å². The second-order valence-corrected chi connectivity index (χ2v) is 7.48. The summed E-state index contributed by atoms with van der Waals surface area (Å²) in [4.78, 5) is 19.2. The van der Waals surface area contributed by atoms with Gasteiger partial charge in [0.2, 0.25) is 5.91 Å². The molecular weight excluding hydrogens is 302 g/mol. The Bertz CT molecular complexity index is 535. The summed E-state index contributed by atoms with van der Waals surface area (Å²) in [7, 11) is 0. The molecule has 1 amide bonds. The molecule has 24 heavy (non-hydrogen) atoms. The van der Waals surface area contributed by atoms with Crippen LogP contribution in [0.4, 0.5) is 0 Å². The number of nitrogens with zero attached hydrogens (tertiary/aromatic N) is 3. The highest BCUT2D eigenvalue weighted by molar-refractivity contribution is 5.81. The van der Waals surface area contributed by atoms with Gasteiger partial charge in [-0.05, 0) is 58.5 Å². The number of hydrogen-bond donors (Lipinski definition) is 2. The van der Waals surface area contributed by atoms with Crippen molar-refractivity contribution in [3.63, 3.8) is 0 Å². The van der Waals surface area contributed by atoms with Gasteiger partial charge in [-0.15, -0.1) is 0 Å². The zero-order valence-corrected chi connectivity index (χ0v) is 15.0. The number of carbonyl (C=O) groups excluding carboxylic acids is 1. The zero-order valence-electron chi connectivity index (χ0n) is 15.0. The number of amides is 1. The van der Waals surface area contributed by atoms with Gasteiger partial charge in [-0.2, -0.15) is 0 Å². The number of likely N-dealkylation sites (tertiary alicyclic amines) is 1. The highest BCUT2D eigenvalue weighted by atomic mass is 16.2. The quantitative estimate of drug-likeness (QED) is 0.829. The van der Waals surface area contributed by atoms with Gasteiger partial charge in [-0.1, -0.05) is 0 Å². The molecule has 2 saturated heterocycles. The first-order valence-corrected chi connectivity index (χ1v) is 9.38. The van der Waals surface area contributed by atoms with Crippen molar-refractivity contribution in [2.75, 3.05) is 26.2 Å². The van der Waals surface area contributed by atoms with Crippen LogP contribution in [0.15, 0.2) is 12.4 Å². The standard InChI is InChI=1S/C18H31N5O/c1-14(2)23-10-8-20-17(23)13-22-9-4-5-15(12-22)11-21-18(24)16-6-3-7-19-16/h8,10,14-16,19H,3-7,9,11-13H2,1-2H3,(H,21,24). The van der Waals surface area contributed by atoms with Crippen LogP contribution in [0.1, 0.15) is 51.4 Å². The lowest BCUT2D eigenvalue weighted by Crippen LogP contribution is -2.45. The van der Waals surface area contributed by atoms with Crippen molar-refractivity contribution < 1.29 is 4.79 Å². The third-order valence-electron chi connectivity index (χ3n) is 5.22. The molecule has 3 heterocycles. The van der Waals surface area contributed by atoms with Crippen molar-refractivity contribution in [3.8, 4) is 0 Å². The zero-order chi connectivity index (χ0) is 16.9. The number of nitrogens with one attached hydrogen (secondary N) is 2. The van der Waals surface area contributed by atoms with Crippen LogP contribution in [0.5, 0.6) is 0 Å². The first kappa shape index (κ1) is 17.4. The normalized spacial score (nSPS) is 25.3. The Morgan fingerprint density at radius 2 is 2.29 bits per heavy atom. The maximum absolute atomic E-state index is 12.1. The van der Waals surface area contributed by atoms with Crippen molar-refractivity contribution in [3.05, 3.63) is 18.2 Å². The maximum atomic E-state index is 12.1. The molecule has 3 rings (SSSR count). The Morgan fingerprint density at radius 3 is 3.04 bits per heavy atom. The molecule has 6 heteroatoms. The molecule has 2 atom stereocenters. The van der Waals surface area contributed by atoms with E-state index in [1.54, 1.807) is 0 Å². The lowest BCUT2D eigenvalue weighted by atomic mass is 9.98. The van der Waals surface area contributed by atoms with E-state index in [1.165, 1.54) is 12.8 Å². The summed E-state index contributed by atoms with van der Waals surface area (Å²) in [5.41, 5.74) is 0. The van der Waals surface area contributed by atoms with Crippen LogP contribution in [0.3, 0.4) is 0 Å². The minimum atomic E-state index is 0.0308. The second kappa shape index (κ2) is 8.12. The van der Waals surface area contributed by atoms with Crippen LogP contribution in [-0.2, 0) is 11.3 Å². The number of aromatic nitrogens is 2. The van der Waals surface area contributed by atoms with Crippen LogP contribution >= 0.6 is 0 Å². The van der Waals surface area contributed by atoms with Crippen molar-refractivity contribution in [1.82, 2.24) is 25.1 Å². The van der Waals surface area contributed by atoms with Crippen molar-refractivity contribution >= 4 is 5.91 Å². The fourth-order valence-corrected chi connectivity index (χ4v) is 3.87. The average Bonchev–Trinajstić information content (AvgIpc) is 3.24. The van der Waals surface area contributed by atoms with Crippen molar-refractivity contribution in [1.29, 1.82) is 0 Å². The first-order valence-electron chi connectivity index (χ1n) is 9.38. The first-order chi connectivity index (χ1) is 11.6. The van der Waals surface area contributed by atoms with Gasteiger partial charge in [0, 0.05) is 31.5 Å². The lowest BCUT2D eigenvalue weighted by Gasteiger charge is -2.33. The van der Waals surface area contributed by atoms with E-state index < -0.39 is 0 Å². The monoisotopic (exact) mass is 333 g/mol. The smallest absolute Gasteiger partial charge is 0.237 e. The number of imidazole rings is 1. The third kappa shape index (κ3) is 4.36. The molecule has 0 aliphatic carbocycles. The molecule has 2 fully saturated rings. The summed E-state index contributed by atoms with van der Waals surface area (Å²) in [5.74, 6) is 1.87. The Balaban J connectivity index is 1.47. The summed E-state index contributed by atoms with van der Waals surface area (Å²) in [6.07, 6.45) is 8.44.